The fourth-order valence-electron chi connectivity index (χ4n) is 0.665. The Morgan fingerprint density at radius 1 is 1.00 bits per heavy atom. The van der Waals surface area contributed by atoms with Gasteiger partial charge >= 0.3 is 24.2 Å². The average Bonchev–Trinajstić information content (AvgIpc) is 2.13. The first-order valence-corrected chi connectivity index (χ1v) is 3.71. The third-order valence-electron chi connectivity index (χ3n) is 1.54. The van der Waals surface area contributed by atoms with Gasteiger partial charge in [-0.25, -0.2) is 8.78 Å². The van der Waals surface area contributed by atoms with Crippen LogP contribution in [0.3, 0.4) is 0 Å². The third kappa shape index (κ3) is 2.45. The van der Waals surface area contributed by atoms with Crippen molar-refractivity contribution in [1.82, 2.24) is 0 Å². The summed E-state index contributed by atoms with van der Waals surface area (Å²) < 4.78 is 97.2. The molecule has 9 heteroatoms. The van der Waals surface area contributed by atoms with Crippen LogP contribution in [-0.4, -0.2) is 35.9 Å². The summed E-state index contributed by atoms with van der Waals surface area (Å²) in [7, 11) is 0. The molecule has 0 aliphatic heterocycles. The van der Waals surface area contributed by atoms with E-state index in [2.05, 4.69) is 0 Å². The zero-order chi connectivity index (χ0) is 13.2. The Morgan fingerprint density at radius 3 is 1.75 bits per heavy atom. The van der Waals surface area contributed by atoms with Crippen molar-refractivity contribution in [3.63, 3.8) is 0 Å². The van der Waals surface area contributed by atoms with Gasteiger partial charge in [-0.2, -0.15) is 26.3 Å². The number of allylic oxidation sites excluding steroid dienone is 1. The van der Waals surface area contributed by atoms with Gasteiger partial charge in [0.25, 0.3) is 0 Å². The van der Waals surface area contributed by atoms with Crippen LogP contribution < -0.4 is 0 Å². The van der Waals surface area contributed by atoms with Crippen LogP contribution in [0.5, 0.6) is 0 Å². The Morgan fingerprint density at radius 2 is 1.44 bits per heavy atom. The zero-order valence-corrected chi connectivity index (χ0v) is 7.41. The fraction of sp³-hybridized carbons (Fsp3) is 0.714. The largest absolute Gasteiger partial charge is 0.392 e. The van der Waals surface area contributed by atoms with Crippen LogP contribution in [-0.2, 0) is 0 Å². The second kappa shape index (κ2) is 4.56. The number of halogens is 8. The second-order valence-corrected chi connectivity index (χ2v) is 2.71. The van der Waals surface area contributed by atoms with Gasteiger partial charge in [0.05, 0.1) is 6.61 Å². The normalized spacial score (nSPS) is 15.1. The maximum Gasteiger partial charge on any atom is 0.381 e. The first kappa shape index (κ1) is 15.1. The number of hydrogen-bond donors (Lipinski definition) is 1. The molecule has 1 nitrogen and oxygen atoms in total. The monoisotopic (exact) mass is 258 g/mol. The first-order valence-electron chi connectivity index (χ1n) is 3.71. The van der Waals surface area contributed by atoms with Gasteiger partial charge in [0.2, 0.25) is 0 Å². The number of aliphatic hydroxyl groups excluding tert-OH is 1. The molecule has 0 aromatic rings. The Labute approximate surface area is 84.4 Å². The van der Waals surface area contributed by atoms with Crippen LogP contribution in [0.4, 0.5) is 35.1 Å². The molecular formula is C7H6F8O. The predicted molar refractivity (Wildman–Crippen MR) is 37.1 cm³/mol. The molecule has 1 N–H and O–H groups in total. The van der Waals surface area contributed by atoms with Crippen molar-refractivity contribution in [2.45, 2.75) is 24.2 Å². The summed E-state index contributed by atoms with van der Waals surface area (Å²) >= 11 is 0. The van der Waals surface area contributed by atoms with Crippen molar-refractivity contribution >= 4 is 0 Å². The van der Waals surface area contributed by atoms with Gasteiger partial charge < -0.3 is 5.11 Å². The van der Waals surface area contributed by atoms with Crippen LogP contribution in [0.2, 0.25) is 0 Å². The van der Waals surface area contributed by atoms with Gasteiger partial charge in [-0.1, -0.05) is 6.08 Å². The first-order chi connectivity index (χ1) is 7.00. The number of aliphatic hydroxyl groups is 1. The summed E-state index contributed by atoms with van der Waals surface area (Å²) in [5.74, 6) is -17.9. The van der Waals surface area contributed by atoms with Crippen molar-refractivity contribution in [2.24, 2.45) is 0 Å². The van der Waals surface area contributed by atoms with E-state index in [0.29, 0.717) is 0 Å². The lowest BCUT2D eigenvalue weighted by molar-refractivity contribution is -0.325. The highest BCUT2D eigenvalue weighted by Gasteiger charge is 2.74. The van der Waals surface area contributed by atoms with Crippen LogP contribution in [0, 0.1) is 0 Å². The second-order valence-electron chi connectivity index (χ2n) is 2.71. The quantitative estimate of drug-likeness (QED) is 0.593. The molecule has 0 fully saturated rings. The van der Waals surface area contributed by atoms with E-state index in [1.807, 2.05) is 0 Å². The van der Waals surface area contributed by atoms with Gasteiger partial charge in [0, 0.05) is 0 Å². The summed E-state index contributed by atoms with van der Waals surface area (Å²) in [4.78, 5) is 0. The lowest BCUT2D eigenvalue weighted by Crippen LogP contribution is -2.56. The molecule has 0 aliphatic carbocycles. The Bertz CT molecular complexity index is 259. The van der Waals surface area contributed by atoms with Crippen molar-refractivity contribution in [2.75, 3.05) is 6.61 Å². The maximum atomic E-state index is 12.5. The Kier molecular flexibility index (Phi) is 4.31. The summed E-state index contributed by atoms with van der Waals surface area (Å²) in [5.41, 5.74) is 0. The number of alkyl halides is 8. The van der Waals surface area contributed by atoms with E-state index in [9.17, 15) is 35.1 Å². The van der Waals surface area contributed by atoms with E-state index in [1.54, 1.807) is 0 Å². The summed E-state index contributed by atoms with van der Waals surface area (Å²) in [6.45, 7) is -1.12. The van der Waals surface area contributed by atoms with E-state index in [-0.39, 0.29) is 6.08 Å². The van der Waals surface area contributed by atoms with Gasteiger partial charge in [-0.15, -0.1) is 0 Å². The molecule has 0 rings (SSSR count). The number of hydrogen-bond acceptors (Lipinski definition) is 1. The van der Waals surface area contributed by atoms with Crippen molar-refractivity contribution in [3.8, 4) is 0 Å². The van der Waals surface area contributed by atoms with Crippen LogP contribution in [0.25, 0.3) is 0 Å². The summed E-state index contributed by atoms with van der Waals surface area (Å²) in [6.07, 6.45) is -5.63. The number of rotatable bonds is 5. The van der Waals surface area contributed by atoms with E-state index < -0.39 is 36.9 Å². The molecule has 16 heavy (non-hydrogen) atoms. The molecule has 0 aromatic heterocycles. The standard InChI is InChI=1S/C7H6F8O/c8-4(9)6(12,13)7(14,15)5(10,11)2-1-3-16/h1-2,4,16H,3H2/b2-1+. The van der Waals surface area contributed by atoms with Crippen LogP contribution in [0.1, 0.15) is 0 Å². The van der Waals surface area contributed by atoms with Crippen LogP contribution in [0.15, 0.2) is 12.2 Å². The molecule has 0 aromatic carbocycles. The van der Waals surface area contributed by atoms with E-state index in [4.69, 9.17) is 5.11 Å². The van der Waals surface area contributed by atoms with Crippen LogP contribution >= 0.6 is 0 Å². The maximum absolute atomic E-state index is 12.5. The highest BCUT2D eigenvalue weighted by Crippen LogP contribution is 2.48. The van der Waals surface area contributed by atoms with Crippen molar-refractivity contribution in [1.29, 1.82) is 0 Å². The highest BCUT2D eigenvalue weighted by atomic mass is 19.4. The van der Waals surface area contributed by atoms with E-state index in [0.717, 1.165) is 0 Å². The minimum atomic E-state index is -6.25. The van der Waals surface area contributed by atoms with E-state index >= 15 is 0 Å². The summed E-state index contributed by atoms with van der Waals surface area (Å²) in [6, 6.07) is 0. The molecule has 0 saturated heterocycles. The van der Waals surface area contributed by atoms with E-state index in [1.165, 1.54) is 0 Å². The average molecular weight is 258 g/mol. The predicted octanol–water partition coefficient (Wildman–Crippen LogP) is 2.71. The zero-order valence-electron chi connectivity index (χ0n) is 7.41. The molecule has 0 radical (unpaired) electrons. The van der Waals surface area contributed by atoms with Gasteiger partial charge in [0.15, 0.2) is 0 Å². The third-order valence-corrected chi connectivity index (χ3v) is 1.54. The lowest BCUT2D eigenvalue weighted by Gasteiger charge is -2.30. The molecule has 0 bridgehead atoms. The van der Waals surface area contributed by atoms with Crippen molar-refractivity contribution < 1.29 is 40.2 Å². The molecule has 0 aliphatic rings. The lowest BCUT2D eigenvalue weighted by atomic mass is 10.0. The minimum absolute atomic E-state index is 0.0511. The van der Waals surface area contributed by atoms with Gasteiger partial charge in [-0.05, 0) is 6.08 Å². The topological polar surface area (TPSA) is 20.2 Å². The summed E-state index contributed by atoms with van der Waals surface area (Å²) in [5, 5.41) is 8.01. The molecular weight excluding hydrogens is 252 g/mol. The minimum Gasteiger partial charge on any atom is -0.392 e. The SMILES string of the molecule is OC/C=C/C(F)(F)C(F)(F)C(F)(F)C(F)F. The smallest absolute Gasteiger partial charge is 0.381 e. The molecule has 0 atom stereocenters. The molecule has 0 saturated carbocycles. The molecule has 96 valence electrons. The molecule has 0 spiro atoms. The van der Waals surface area contributed by atoms with Gasteiger partial charge in [0.1, 0.15) is 0 Å². The Balaban J connectivity index is 5.25. The molecule has 0 heterocycles. The fourth-order valence-corrected chi connectivity index (χ4v) is 0.665. The molecule has 0 unspecified atom stereocenters. The highest BCUT2D eigenvalue weighted by molar-refractivity contribution is 5.08. The van der Waals surface area contributed by atoms with Crippen molar-refractivity contribution in [3.05, 3.63) is 12.2 Å². The van der Waals surface area contributed by atoms with Gasteiger partial charge in [-0.3, -0.25) is 0 Å². The Hall–Kier alpha value is -0.860. The molecule has 0 amide bonds.